The van der Waals surface area contributed by atoms with Crippen LogP contribution in [0.1, 0.15) is 23.2 Å². The van der Waals surface area contributed by atoms with Crippen LogP contribution < -0.4 is 15.4 Å². The van der Waals surface area contributed by atoms with Crippen LogP contribution in [0, 0.1) is 6.92 Å². The van der Waals surface area contributed by atoms with Gasteiger partial charge in [-0.3, -0.25) is 4.99 Å². The number of aliphatic imine (C=N–C) groups is 1. The van der Waals surface area contributed by atoms with Gasteiger partial charge >= 0.3 is 0 Å². The Morgan fingerprint density at radius 2 is 2.22 bits per heavy atom. The average Bonchev–Trinajstić information content (AvgIpc) is 2.97. The minimum Gasteiger partial charge on any atom is -0.494 e. The van der Waals surface area contributed by atoms with Gasteiger partial charge in [0.25, 0.3) is 0 Å². The van der Waals surface area contributed by atoms with Crippen molar-refractivity contribution >= 4 is 17.3 Å². The maximum absolute atomic E-state index is 5.52. The van der Waals surface area contributed by atoms with Crippen molar-refractivity contribution in [3.05, 3.63) is 45.9 Å². The SMILES string of the molecule is CCOc1cccc(CNC(=NC)NCCc2csc(C)n2)c1. The van der Waals surface area contributed by atoms with E-state index in [2.05, 4.69) is 32.1 Å². The highest BCUT2D eigenvalue weighted by atomic mass is 32.1. The van der Waals surface area contributed by atoms with Crippen LogP contribution in [0.5, 0.6) is 5.75 Å². The quantitative estimate of drug-likeness (QED) is 0.605. The van der Waals surface area contributed by atoms with Crippen LogP contribution in [0.15, 0.2) is 34.6 Å². The van der Waals surface area contributed by atoms with Crippen LogP contribution >= 0.6 is 11.3 Å². The lowest BCUT2D eigenvalue weighted by molar-refractivity contribution is 0.340. The van der Waals surface area contributed by atoms with E-state index in [-0.39, 0.29) is 0 Å². The second-order valence-electron chi connectivity index (χ2n) is 5.04. The van der Waals surface area contributed by atoms with Gasteiger partial charge in [-0.2, -0.15) is 0 Å². The number of aromatic nitrogens is 1. The summed E-state index contributed by atoms with van der Waals surface area (Å²) >= 11 is 1.69. The van der Waals surface area contributed by atoms with Crippen molar-refractivity contribution in [2.75, 3.05) is 20.2 Å². The lowest BCUT2D eigenvalue weighted by atomic mass is 10.2. The van der Waals surface area contributed by atoms with E-state index in [1.807, 2.05) is 32.0 Å². The van der Waals surface area contributed by atoms with Crippen LogP contribution in [0.25, 0.3) is 0 Å². The number of aryl methyl sites for hydroxylation is 1. The fraction of sp³-hybridized carbons (Fsp3) is 0.412. The average molecular weight is 332 g/mol. The van der Waals surface area contributed by atoms with Crippen molar-refractivity contribution in [3.8, 4) is 5.75 Å². The number of rotatable bonds is 7. The third-order valence-corrected chi connectivity index (χ3v) is 4.06. The maximum atomic E-state index is 5.52. The van der Waals surface area contributed by atoms with Gasteiger partial charge in [-0.15, -0.1) is 11.3 Å². The van der Waals surface area contributed by atoms with Gasteiger partial charge in [0.15, 0.2) is 5.96 Å². The highest BCUT2D eigenvalue weighted by Gasteiger charge is 2.02. The zero-order chi connectivity index (χ0) is 16.5. The molecule has 0 saturated carbocycles. The fourth-order valence-corrected chi connectivity index (χ4v) is 2.80. The van der Waals surface area contributed by atoms with Gasteiger partial charge < -0.3 is 15.4 Å². The minimum absolute atomic E-state index is 0.677. The molecule has 2 aromatic rings. The third kappa shape index (κ3) is 5.90. The van der Waals surface area contributed by atoms with Gasteiger partial charge in [-0.1, -0.05) is 12.1 Å². The smallest absolute Gasteiger partial charge is 0.191 e. The molecule has 1 aromatic carbocycles. The van der Waals surface area contributed by atoms with E-state index in [4.69, 9.17) is 4.74 Å². The van der Waals surface area contributed by atoms with E-state index < -0.39 is 0 Å². The minimum atomic E-state index is 0.677. The lowest BCUT2D eigenvalue weighted by Crippen LogP contribution is -2.37. The zero-order valence-electron chi connectivity index (χ0n) is 13.9. The summed E-state index contributed by atoms with van der Waals surface area (Å²) in [6, 6.07) is 8.08. The fourth-order valence-electron chi connectivity index (χ4n) is 2.15. The number of benzene rings is 1. The summed E-state index contributed by atoms with van der Waals surface area (Å²) in [4.78, 5) is 8.70. The molecule has 0 amide bonds. The van der Waals surface area contributed by atoms with Crippen LogP contribution in [0.2, 0.25) is 0 Å². The predicted octanol–water partition coefficient (Wildman–Crippen LogP) is 2.76. The number of nitrogens with one attached hydrogen (secondary N) is 2. The molecule has 0 aliphatic heterocycles. The van der Waals surface area contributed by atoms with Gasteiger partial charge in [0.2, 0.25) is 0 Å². The maximum Gasteiger partial charge on any atom is 0.191 e. The summed E-state index contributed by atoms with van der Waals surface area (Å²) in [6.45, 7) is 6.20. The number of ether oxygens (including phenoxy) is 1. The van der Waals surface area contributed by atoms with E-state index in [0.717, 1.165) is 40.9 Å². The van der Waals surface area contributed by atoms with Crippen LogP contribution in [0.4, 0.5) is 0 Å². The molecule has 0 unspecified atom stereocenters. The summed E-state index contributed by atoms with van der Waals surface area (Å²) in [6.07, 6.45) is 0.894. The molecule has 0 fully saturated rings. The molecule has 124 valence electrons. The Balaban J connectivity index is 1.77. The van der Waals surface area contributed by atoms with Crippen molar-refractivity contribution in [3.63, 3.8) is 0 Å². The molecule has 6 heteroatoms. The van der Waals surface area contributed by atoms with E-state index in [1.54, 1.807) is 18.4 Å². The number of hydrogen-bond donors (Lipinski definition) is 2. The summed E-state index contributed by atoms with van der Waals surface area (Å²) in [5.74, 6) is 1.69. The van der Waals surface area contributed by atoms with Gasteiger partial charge in [0, 0.05) is 31.9 Å². The van der Waals surface area contributed by atoms with Crippen LogP contribution in [0.3, 0.4) is 0 Å². The topological polar surface area (TPSA) is 58.5 Å². The Hall–Kier alpha value is -2.08. The molecule has 1 aromatic heterocycles. The molecule has 0 spiro atoms. The summed E-state index contributed by atoms with van der Waals surface area (Å²) < 4.78 is 5.52. The van der Waals surface area contributed by atoms with E-state index in [0.29, 0.717) is 13.2 Å². The van der Waals surface area contributed by atoms with Crippen molar-refractivity contribution in [1.29, 1.82) is 0 Å². The molecule has 2 N–H and O–H groups in total. The normalized spacial score (nSPS) is 11.3. The van der Waals surface area contributed by atoms with Crippen molar-refractivity contribution in [1.82, 2.24) is 15.6 Å². The Kier molecular flexibility index (Phi) is 6.87. The summed E-state index contributed by atoms with van der Waals surface area (Å²) in [7, 11) is 1.78. The van der Waals surface area contributed by atoms with Crippen molar-refractivity contribution < 1.29 is 4.74 Å². The van der Waals surface area contributed by atoms with Gasteiger partial charge in [0.05, 0.1) is 17.3 Å². The largest absolute Gasteiger partial charge is 0.494 e. The molecule has 0 radical (unpaired) electrons. The number of nitrogens with zero attached hydrogens (tertiary/aromatic N) is 2. The molecule has 0 saturated heterocycles. The van der Waals surface area contributed by atoms with Gasteiger partial charge in [-0.05, 0) is 31.5 Å². The molecule has 2 rings (SSSR count). The Bertz CT molecular complexity index is 639. The molecular formula is C17H24N4OS. The molecular weight excluding hydrogens is 308 g/mol. The van der Waals surface area contributed by atoms with E-state index in [9.17, 15) is 0 Å². The number of hydrogen-bond acceptors (Lipinski definition) is 4. The van der Waals surface area contributed by atoms with E-state index in [1.165, 1.54) is 0 Å². The summed E-state index contributed by atoms with van der Waals surface area (Å²) in [5.41, 5.74) is 2.29. The molecule has 0 atom stereocenters. The van der Waals surface area contributed by atoms with Crippen LogP contribution in [-0.4, -0.2) is 31.1 Å². The molecule has 0 bridgehead atoms. The molecule has 0 aliphatic rings. The second-order valence-corrected chi connectivity index (χ2v) is 6.10. The first-order valence-corrected chi connectivity index (χ1v) is 8.66. The van der Waals surface area contributed by atoms with Gasteiger partial charge in [0.1, 0.15) is 5.75 Å². The Morgan fingerprint density at radius 1 is 1.35 bits per heavy atom. The van der Waals surface area contributed by atoms with Gasteiger partial charge in [-0.25, -0.2) is 4.98 Å². The third-order valence-electron chi connectivity index (χ3n) is 3.23. The Morgan fingerprint density at radius 3 is 2.91 bits per heavy atom. The zero-order valence-corrected chi connectivity index (χ0v) is 14.7. The predicted molar refractivity (Wildman–Crippen MR) is 96.4 cm³/mol. The van der Waals surface area contributed by atoms with Crippen molar-refractivity contribution in [2.45, 2.75) is 26.8 Å². The lowest BCUT2D eigenvalue weighted by Gasteiger charge is -2.12. The highest BCUT2D eigenvalue weighted by Crippen LogP contribution is 2.13. The van der Waals surface area contributed by atoms with E-state index >= 15 is 0 Å². The highest BCUT2D eigenvalue weighted by molar-refractivity contribution is 7.09. The second kappa shape index (κ2) is 9.15. The molecule has 1 heterocycles. The first-order valence-electron chi connectivity index (χ1n) is 7.78. The number of thiazole rings is 1. The molecule has 5 nitrogen and oxygen atoms in total. The molecule has 0 aliphatic carbocycles. The Labute approximate surface area is 141 Å². The molecule has 23 heavy (non-hydrogen) atoms. The summed E-state index contributed by atoms with van der Waals surface area (Å²) in [5, 5.41) is 9.83. The number of guanidine groups is 1. The van der Waals surface area contributed by atoms with Crippen molar-refractivity contribution in [2.24, 2.45) is 4.99 Å². The standard InChI is InChI=1S/C17H24N4OS/c1-4-22-16-7-5-6-14(10-16)11-20-17(18-3)19-9-8-15-12-23-13(2)21-15/h5-7,10,12H,4,8-9,11H2,1-3H3,(H2,18,19,20). The van der Waals surface area contributed by atoms with Crippen LogP contribution in [-0.2, 0) is 13.0 Å². The monoisotopic (exact) mass is 332 g/mol. The first-order chi connectivity index (χ1) is 11.2. The first kappa shape index (κ1) is 17.3.